The van der Waals surface area contributed by atoms with E-state index < -0.39 is 5.97 Å². The van der Waals surface area contributed by atoms with Crippen LogP contribution in [0.25, 0.3) is 0 Å². The Labute approximate surface area is 82.6 Å². The Morgan fingerprint density at radius 3 is 2.86 bits per heavy atom. The molecule has 1 N–H and O–H groups in total. The van der Waals surface area contributed by atoms with Gasteiger partial charge in [0, 0.05) is 12.2 Å². The van der Waals surface area contributed by atoms with Crippen molar-refractivity contribution in [2.24, 2.45) is 0 Å². The predicted molar refractivity (Wildman–Crippen MR) is 51.5 cm³/mol. The van der Waals surface area contributed by atoms with Gasteiger partial charge in [0.2, 0.25) is 5.82 Å². The number of fused-ring (bicyclic) bond motifs is 1. The molecule has 1 aromatic heterocycles. The number of carboxylic acid groups (broad SMARTS) is 1. The summed E-state index contributed by atoms with van der Waals surface area (Å²) in [5.74, 6) is -0.708. The zero-order valence-corrected chi connectivity index (χ0v) is 8.29. The lowest BCUT2D eigenvalue weighted by Gasteiger charge is -2.12. The number of aryl methyl sites for hydroxylation is 1. The number of aromatic nitrogens is 2. The highest BCUT2D eigenvalue weighted by Gasteiger charge is 2.22. The maximum absolute atomic E-state index is 10.9. The Balaban J connectivity index is 2.51. The Morgan fingerprint density at radius 1 is 1.50 bits per heavy atom. The minimum absolute atomic E-state index is 0.208. The first-order chi connectivity index (χ1) is 6.74. The maximum Gasteiger partial charge on any atom is 0.372 e. The molecule has 4 nitrogen and oxygen atoms in total. The third-order valence-electron chi connectivity index (χ3n) is 2.74. The van der Waals surface area contributed by atoms with E-state index in [1.165, 1.54) is 0 Å². The summed E-state index contributed by atoms with van der Waals surface area (Å²) in [6.07, 6.45) is 4.19. The lowest BCUT2D eigenvalue weighted by molar-refractivity contribution is 0.0678. The number of rotatable bonds is 2. The minimum atomic E-state index is -0.916. The normalized spacial score (nSPS) is 15.2. The molecule has 0 bridgehead atoms. The van der Waals surface area contributed by atoms with Crippen LogP contribution in [-0.4, -0.2) is 20.6 Å². The molecule has 0 aliphatic heterocycles. The van der Waals surface area contributed by atoms with Crippen LogP contribution in [0.4, 0.5) is 0 Å². The second-order valence-electron chi connectivity index (χ2n) is 3.59. The summed E-state index contributed by atoms with van der Waals surface area (Å²) in [6.45, 7) is 2.66. The highest BCUT2D eigenvalue weighted by molar-refractivity contribution is 5.83. The second-order valence-corrected chi connectivity index (χ2v) is 3.59. The second kappa shape index (κ2) is 3.44. The summed E-state index contributed by atoms with van der Waals surface area (Å²) in [7, 11) is 0. The molecule has 0 fully saturated rings. The summed E-state index contributed by atoms with van der Waals surface area (Å²) < 4.78 is 1.83. The van der Waals surface area contributed by atoms with Crippen LogP contribution in [0.1, 0.15) is 41.8 Å². The highest BCUT2D eigenvalue weighted by atomic mass is 16.4. The van der Waals surface area contributed by atoms with Gasteiger partial charge in [-0.2, -0.15) is 0 Å². The minimum Gasteiger partial charge on any atom is -0.475 e. The van der Waals surface area contributed by atoms with Gasteiger partial charge in [-0.3, -0.25) is 0 Å². The first kappa shape index (κ1) is 9.24. The number of imidazole rings is 1. The van der Waals surface area contributed by atoms with Crippen molar-refractivity contribution in [2.45, 2.75) is 39.2 Å². The van der Waals surface area contributed by atoms with Gasteiger partial charge in [0.05, 0.1) is 5.69 Å². The number of carbonyl (C=O) groups is 1. The van der Waals surface area contributed by atoms with E-state index in [0.29, 0.717) is 6.54 Å². The van der Waals surface area contributed by atoms with Crippen molar-refractivity contribution in [3.8, 4) is 0 Å². The van der Waals surface area contributed by atoms with Crippen molar-refractivity contribution >= 4 is 5.97 Å². The molecule has 0 aromatic carbocycles. The first-order valence-electron chi connectivity index (χ1n) is 5.05. The molecule has 1 aromatic rings. The average molecular weight is 194 g/mol. The summed E-state index contributed by atoms with van der Waals surface area (Å²) in [5.41, 5.74) is 2.13. The van der Waals surface area contributed by atoms with Crippen molar-refractivity contribution in [3.63, 3.8) is 0 Å². The molecule has 0 spiro atoms. The van der Waals surface area contributed by atoms with Crippen LogP contribution in [0.2, 0.25) is 0 Å². The van der Waals surface area contributed by atoms with Gasteiger partial charge in [0.15, 0.2) is 0 Å². The SMILES string of the molecule is CCn1c(C(=O)O)nc2c1CCCC2. The fourth-order valence-electron chi connectivity index (χ4n) is 2.10. The van der Waals surface area contributed by atoms with Crippen LogP contribution >= 0.6 is 0 Å². The summed E-state index contributed by atoms with van der Waals surface area (Å²) in [5, 5.41) is 8.96. The molecule has 76 valence electrons. The van der Waals surface area contributed by atoms with E-state index >= 15 is 0 Å². The number of hydrogen-bond acceptors (Lipinski definition) is 2. The van der Waals surface area contributed by atoms with Crippen LogP contribution in [0.3, 0.4) is 0 Å². The lowest BCUT2D eigenvalue weighted by Crippen LogP contribution is -2.12. The van der Waals surface area contributed by atoms with E-state index in [1.807, 2.05) is 11.5 Å². The van der Waals surface area contributed by atoms with Crippen molar-refractivity contribution in [1.82, 2.24) is 9.55 Å². The van der Waals surface area contributed by atoms with Crippen molar-refractivity contribution in [2.75, 3.05) is 0 Å². The van der Waals surface area contributed by atoms with Crippen LogP contribution in [0.15, 0.2) is 0 Å². The molecule has 0 radical (unpaired) electrons. The van der Waals surface area contributed by atoms with Crippen LogP contribution < -0.4 is 0 Å². The first-order valence-corrected chi connectivity index (χ1v) is 5.05. The van der Waals surface area contributed by atoms with Gasteiger partial charge in [0.1, 0.15) is 0 Å². The lowest BCUT2D eigenvalue weighted by atomic mass is 10.0. The zero-order chi connectivity index (χ0) is 10.1. The van der Waals surface area contributed by atoms with Gasteiger partial charge in [-0.15, -0.1) is 0 Å². The van der Waals surface area contributed by atoms with Crippen molar-refractivity contribution in [3.05, 3.63) is 17.2 Å². The third-order valence-corrected chi connectivity index (χ3v) is 2.74. The topological polar surface area (TPSA) is 55.1 Å². The van der Waals surface area contributed by atoms with E-state index in [1.54, 1.807) is 0 Å². The molecule has 1 aliphatic rings. The molecule has 14 heavy (non-hydrogen) atoms. The Morgan fingerprint density at radius 2 is 2.21 bits per heavy atom. The number of hydrogen-bond donors (Lipinski definition) is 1. The number of nitrogens with zero attached hydrogens (tertiary/aromatic N) is 2. The fraction of sp³-hybridized carbons (Fsp3) is 0.600. The molecule has 0 saturated carbocycles. The number of carboxylic acids is 1. The molecule has 2 rings (SSSR count). The molecule has 0 amide bonds. The monoisotopic (exact) mass is 194 g/mol. The molecular formula is C10H14N2O2. The zero-order valence-electron chi connectivity index (χ0n) is 8.29. The Bertz CT molecular complexity index is 368. The van der Waals surface area contributed by atoms with Gasteiger partial charge in [0.25, 0.3) is 0 Å². The summed E-state index contributed by atoms with van der Waals surface area (Å²) >= 11 is 0. The van der Waals surface area contributed by atoms with E-state index in [4.69, 9.17) is 5.11 Å². The van der Waals surface area contributed by atoms with E-state index in [9.17, 15) is 4.79 Å². The molecule has 0 unspecified atom stereocenters. The molecule has 0 saturated heterocycles. The Hall–Kier alpha value is -1.32. The average Bonchev–Trinajstić information content (AvgIpc) is 2.56. The summed E-state index contributed by atoms with van der Waals surface area (Å²) in [4.78, 5) is 15.1. The standard InChI is InChI=1S/C10H14N2O2/c1-2-12-8-6-4-3-5-7(8)11-9(12)10(13)14/h2-6H2,1H3,(H,13,14). The highest BCUT2D eigenvalue weighted by Crippen LogP contribution is 2.22. The molecule has 0 atom stereocenters. The smallest absolute Gasteiger partial charge is 0.372 e. The Kier molecular flexibility index (Phi) is 2.27. The largest absolute Gasteiger partial charge is 0.475 e. The van der Waals surface area contributed by atoms with Crippen molar-refractivity contribution in [1.29, 1.82) is 0 Å². The van der Waals surface area contributed by atoms with Crippen LogP contribution in [-0.2, 0) is 19.4 Å². The quantitative estimate of drug-likeness (QED) is 0.775. The predicted octanol–water partition coefficient (Wildman–Crippen LogP) is 1.48. The van der Waals surface area contributed by atoms with Gasteiger partial charge < -0.3 is 9.67 Å². The number of aromatic carboxylic acids is 1. The van der Waals surface area contributed by atoms with E-state index in [2.05, 4.69) is 4.98 Å². The molecule has 1 heterocycles. The van der Waals surface area contributed by atoms with Crippen LogP contribution in [0.5, 0.6) is 0 Å². The van der Waals surface area contributed by atoms with Gasteiger partial charge in [-0.25, -0.2) is 9.78 Å². The van der Waals surface area contributed by atoms with E-state index in [-0.39, 0.29) is 5.82 Å². The van der Waals surface area contributed by atoms with Crippen molar-refractivity contribution < 1.29 is 9.90 Å². The van der Waals surface area contributed by atoms with Crippen LogP contribution in [0, 0.1) is 0 Å². The molecule has 4 heteroatoms. The maximum atomic E-state index is 10.9. The van der Waals surface area contributed by atoms with E-state index in [0.717, 1.165) is 37.1 Å². The van der Waals surface area contributed by atoms with Gasteiger partial charge >= 0.3 is 5.97 Å². The van der Waals surface area contributed by atoms with Gasteiger partial charge in [-0.05, 0) is 32.6 Å². The molecular weight excluding hydrogens is 180 g/mol. The van der Waals surface area contributed by atoms with Gasteiger partial charge in [-0.1, -0.05) is 0 Å². The summed E-state index contributed by atoms with van der Waals surface area (Å²) in [6, 6.07) is 0. The fourth-order valence-corrected chi connectivity index (χ4v) is 2.10. The molecule has 1 aliphatic carbocycles. The third kappa shape index (κ3) is 1.31.